The average molecular weight is 396 g/mol. The number of hydrogen-bond donors (Lipinski definition) is 1. The first-order chi connectivity index (χ1) is 12.6. The van der Waals surface area contributed by atoms with Crippen LogP contribution in [0.1, 0.15) is 25.7 Å². The summed E-state index contributed by atoms with van der Waals surface area (Å²) in [6, 6.07) is 5.47. The molecule has 140 valence electrons. The molecule has 1 N–H and O–H groups in total. The number of nitrogens with zero attached hydrogens (tertiary/aromatic N) is 4. The van der Waals surface area contributed by atoms with Crippen molar-refractivity contribution in [1.29, 1.82) is 0 Å². The van der Waals surface area contributed by atoms with Crippen LogP contribution in [-0.2, 0) is 15.0 Å². The van der Waals surface area contributed by atoms with E-state index in [0.29, 0.717) is 43.7 Å². The summed E-state index contributed by atoms with van der Waals surface area (Å²) in [4.78, 5) is 12.7. The standard InChI is InChI=1S/C16H21N5O3S2/c22-16(17-13-6-3-7-14-15(13)19-25-18-14)12-5-4-10-21(11-12)26(23,24)20-8-1-2-9-20/h3,6-7,12H,1-2,4-5,8-11H2,(H,17,22)/t12-/m1/s1. The van der Waals surface area contributed by atoms with Crippen molar-refractivity contribution in [3.63, 3.8) is 0 Å². The summed E-state index contributed by atoms with van der Waals surface area (Å²) in [6.07, 6.45) is 3.18. The van der Waals surface area contributed by atoms with Gasteiger partial charge in [0.1, 0.15) is 11.0 Å². The van der Waals surface area contributed by atoms with Gasteiger partial charge < -0.3 is 5.32 Å². The van der Waals surface area contributed by atoms with E-state index < -0.39 is 10.2 Å². The number of carbonyl (C=O) groups is 1. The first kappa shape index (κ1) is 17.8. The third-order valence-electron chi connectivity index (χ3n) is 5.02. The number of aromatic nitrogens is 2. The van der Waals surface area contributed by atoms with Crippen LogP contribution in [0.3, 0.4) is 0 Å². The molecule has 1 aromatic heterocycles. The first-order valence-electron chi connectivity index (χ1n) is 8.83. The second kappa shape index (κ2) is 7.18. The molecular formula is C16H21N5O3S2. The van der Waals surface area contributed by atoms with Crippen molar-refractivity contribution >= 4 is 44.6 Å². The summed E-state index contributed by atoms with van der Waals surface area (Å²) >= 11 is 1.10. The van der Waals surface area contributed by atoms with Crippen LogP contribution in [-0.4, -0.2) is 57.9 Å². The van der Waals surface area contributed by atoms with Crippen molar-refractivity contribution in [3.8, 4) is 0 Å². The molecule has 26 heavy (non-hydrogen) atoms. The molecule has 2 aromatic rings. The molecule has 3 heterocycles. The lowest BCUT2D eigenvalue weighted by Crippen LogP contribution is -2.49. The van der Waals surface area contributed by atoms with Gasteiger partial charge in [0.25, 0.3) is 10.2 Å². The predicted molar refractivity (Wildman–Crippen MR) is 100 cm³/mol. The van der Waals surface area contributed by atoms with Gasteiger partial charge in [0.2, 0.25) is 5.91 Å². The van der Waals surface area contributed by atoms with E-state index >= 15 is 0 Å². The number of anilines is 1. The van der Waals surface area contributed by atoms with E-state index in [9.17, 15) is 13.2 Å². The quantitative estimate of drug-likeness (QED) is 0.850. The Bertz CT molecular complexity index is 908. The van der Waals surface area contributed by atoms with Crippen molar-refractivity contribution in [2.75, 3.05) is 31.5 Å². The molecule has 0 aliphatic carbocycles. The molecule has 1 amide bonds. The number of rotatable bonds is 4. The zero-order valence-electron chi connectivity index (χ0n) is 14.3. The molecule has 0 bridgehead atoms. The molecule has 0 radical (unpaired) electrons. The maximum Gasteiger partial charge on any atom is 0.281 e. The smallest absolute Gasteiger partial charge is 0.281 e. The second-order valence-corrected chi connectivity index (χ2v) is 9.19. The normalized spacial score (nSPS) is 22.7. The van der Waals surface area contributed by atoms with Crippen molar-refractivity contribution in [2.24, 2.45) is 5.92 Å². The predicted octanol–water partition coefficient (Wildman–Crippen LogP) is 1.68. The Morgan fingerprint density at radius 2 is 1.88 bits per heavy atom. The molecule has 2 saturated heterocycles. The number of piperidine rings is 1. The zero-order valence-corrected chi connectivity index (χ0v) is 15.9. The number of nitrogens with one attached hydrogen (secondary N) is 1. The summed E-state index contributed by atoms with van der Waals surface area (Å²) in [7, 11) is -3.46. The van der Waals surface area contributed by atoms with Gasteiger partial charge in [-0.15, -0.1) is 0 Å². The maximum atomic E-state index is 12.8. The van der Waals surface area contributed by atoms with E-state index in [2.05, 4.69) is 14.1 Å². The Labute approximate surface area is 156 Å². The molecule has 8 nitrogen and oxygen atoms in total. The van der Waals surface area contributed by atoms with Gasteiger partial charge in [0.15, 0.2) is 0 Å². The van der Waals surface area contributed by atoms with E-state index in [-0.39, 0.29) is 18.4 Å². The minimum Gasteiger partial charge on any atom is -0.324 e. The second-order valence-electron chi connectivity index (χ2n) is 6.74. The molecule has 2 fully saturated rings. The fourth-order valence-electron chi connectivity index (χ4n) is 3.59. The van der Waals surface area contributed by atoms with Crippen LogP contribution < -0.4 is 5.32 Å². The van der Waals surface area contributed by atoms with E-state index in [0.717, 1.165) is 30.1 Å². The Hall–Kier alpha value is -1.62. The van der Waals surface area contributed by atoms with Gasteiger partial charge in [-0.05, 0) is 37.8 Å². The largest absolute Gasteiger partial charge is 0.324 e. The maximum absolute atomic E-state index is 12.8. The van der Waals surface area contributed by atoms with Crippen LogP contribution in [0.5, 0.6) is 0 Å². The van der Waals surface area contributed by atoms with Crippen LogP contribution >= 0.6 is 11.7 Å². The van der Waals surface area contributed by atoms with Gasteiger partial charge in [-0.1, -0.05) is 6.07 Å². The topological polar surface area (TPSA) is 95.5 Å². The third-order valence-corrected chi connectivity index (χ3v) is 7.56. The summed E-state index contributed by atoms with van der Waals surface area (Å²) in [5, 5.41) is 2.91. The number of carbonyl (C=O) groups excluding carboxylic acids is 1. The highest BCUT2D eigenvalue weighted by atomic mass is 32.2. The van der Waals surface area contributed by atoms with Gasteiger partial charge in [0.05, 0.1) is 23.3 Å². The van der Waals surface area contributed by atoms with E-state index in [1.54, 1.807) is 6.07 Å². The third kappa shape index (κ3) is 3.34. The van der Waals surface area contributed by atoms with Crippen molar-refractivity contribution in [3.05, 3.63) is 18.2 Å². The fourth-order valence-corrected chi connectivity index (χ4v) is 5.91. The lowest BCUT2D eigenvalue weighted by molar-refractivity contribution is -0.120. The monoisotopic (exact) mass is 395 g/mol. The van der Waals surface area contributed by atoms with Crippen LogP contribution in [0.4, 0.5) is 5.69 Å². The number of benzene rings is 1. The Balaban J connectivity index is 1.47. The van der Waals surface area contributed by atoms with E-state index in [1.807, 2.05) is 12.1 Å². The van der Waals surface area contributed by atoms with Crippen LogP contribution in [0.15, 0.2) is 18.2 Å². The van der Waals surface area contributed by atoms with Crippen LogP contribution in [0, 0.1) is 5.92 Å². The van der Waals surface area contributed by atoms with E-state index in [1.165, 1.54) is 8.61 Å². The molecule has 0 saturated carbocycles. The van der Waals surface area contributed by atoms with Gasteiger partial charge in [0, 0.05) is 26.2 Å². The molecule has 4 rings (SSSR count). The molecular weight excluding hydrogens is 374 g/mol. The summed E-state index contributed by atoms with van der Waals surface area (Å²) in [5.74, 6) is -0.519. The van der Waals surface area contributed by atoms with Crippen LogP contribution in [0.2, 0.25) is 0 Å². The van der Waals surface area contributed by atoms with Gasteiger partial charge in [-0.3, -0.25) is 4.79 Å². The lowest BCUT2D eigenvalue weighted by Gasteiger charge is -2.33. The minimum absolute atomic E-state index is 0.160. The first-order valence-corrected chi connectivity index (χ1v) is 11.0. The molecule has 0 spiro atoms. The lowest BCUT2D eigenvalue weighted by atomic mass is 9.98. The van der Waals surface area contributed by atoms with Crippen molar-refractivity contribution in [2.45, 2.75) is 25.7 Å². The summed E-state index contributed by atoms with van der Waals surface area (Å²) in [5.41, 5.74) is 2.04. The SMILES string of the molecule is O=C(Nc1cccc2nsnc12)[C@@H]1CCCN(S(=O)(=O)N2CCCC2)C1. The summed E-state index contributed by atoms with van der Waals surface area (Å²) in [6.45, 7) is 1.87. The Kier molecular flexibility index (Phi) is 4.91. The summed E-state index contributed by atoms with van der Waals surface area (Å²) < 4.78 is 36.9. The zero-order chi connectivity index (χ0) is 18.1. The van der Waals surface area contributed by atoms with Crippen LogP contribution in [0.25, 0.3) is 11.0 Å². The van der Waals surface area contributed by atoms with Gasteiger partial charge in [-0.2, -0.15) is 25.8 Å². The fraction of sp³-hybridized carbons (Fsp3) is 0.562. The number of hydrogen-bond acceptors (Lipinski definition) is 6. The molecule has 1 aromatic carbocycles. The highest BCUT2D eigenvalue weighted by Crippen LogP contribution is 2.26. The molecule has 0 unspecified atom stereocenters. The highest BCUT2D eigenvalue weighted by molar-refractivity contribution is 7.86. The molecule has 2 aliphatic rings. The van der Waals surface area contributed by atoms with Crippen molar-refractivity contribution < 1.29 is 13.2 Å². The number of fused-ring (bicyclic) bond motifs is 1. The minimum atomic E-state index is -3.46. The van der Waals surface area contributed by atoms with Gasteiger partial charge >= 0.3 is 0 Å². The molecule has 2 aliphatic heterocycles. The number of amides is 1. The van der Waals surface area contributed by atoms with E-state index in [4.69, 9.17) is 0 Å². The highest BCUT2D eigenvalue weighted by Gasteiger charge is 2.36. The molecule has 1 atom stereocenters. The average Bonchev–Trinajstić information content (AvgIpc) is 3.34. The van der Waals surface area contributed by atoms with Crippen molar-refractivity contribution in [1.82, 2.24) is 17.4 Å². The van der Waals surface area contributed by atoms with Gasteiger partial charge in [-0.25, -0.2) is 0 Å². The Morgan fingerprint density at radius 1 is 1.12 bits per heavy atom. The Morgan fingerprint density at radius 3 is 2.69 bits per heavy atom. The molecule has 10 heteroatoms.